The molecule has 2 N–H and O–H groups in total. The third-order valence-corrected chi connectivity index (χ3v) is 5.12. The average Bonchev–Trinajstić information content (AvgIpc) is 2.84. The van der Waals surface area contributed by atoms with Crippen LogP contribution in [0.4, 0.5) is 5.69 Å². The number of anilines is 1. The molecule has 0 aliphatic rings. The van der Waals surface area contributed by atoms with Gasteiger partial charge in [0.25, 0.3) is 5.56 Å². The highest BCUT2D eigenvalue weighted by atomic mass is 32.1. The van der Waals surface area contributed by atoms with Crippen molar-refractivity contribution in [2.45, 2.75) is 33.7 Å². The van der Waals surface area contributed by atoms with Gasteiger partial charge in [0.05, 0.1) is 18.0 Å². The van der Waals surface area contributed by atoms with Gasteiger partial charge in [0.2, 0.25) is 0 Å². The van der Waals surface area contributed by atoms with E-state index in [1.807, 2.05) is 52.0 Å². The van der Waals surface area contributed by atoms with E-state index >= 15 is 0 Å². The van der Waals surface area contributed by atoms with E-state index < -0.39 is 0 Å². The summed E-state index contributed by atoms with van der Waals surface area (Å²) in [5, 5.41) is 4.06. The molecule has 0 saturated heterocycles. The fourth-order valence-electron chi connectivity index (χ4n) is 2.61. The molecule has 2 heterocycles. The number of hydrogen-bond donors (Lipinski definition) is 2. The number of nitrogens with one attached hydrogen (secondary N) is 2. The normalized spacial score (nSPS) is 12.3. The molecule has 24 heavy (non-hydrogen) atoms. The van der Waals surface area contributed by atoms with E-state index in [0.29, 0.717) is 17.8 Å². The van der Waals surface area contributed by atoms with Gasteiger partial charge in [-0.2, -0.15) is 0 Å². The van der Waals surface area contributed by atoms with Gasteiger partial charge in [-0.25, -0.2) is 4.98 Å². The van der Waals surface area contributed by atoms with Crippen molar-refractivity contribution in [3.63, 3.8) is 0 Å². The minimum Gasteiger partial charge on any atom is -0.494 e. The summed E-state index contributed by atoms with van der Waals surface area (Å²) >= 11 is 1.56. The standard InChI is InChI=1S/C18H21N3O2S/c1-5-23-14-8-6-13(7-9-14)19-11(3)16-20-17(22)15-10(2)12(4)24-18(15)21-16/h6-9,11,19H,5H2,1-4H3,(H,20,21,22)/t11-/m0/s1. The summed E-state index contributed by atoms with van der Waals surface area (Å²) in [6, 6.07) is 7.64. The zero-order chi connectivity index (χ0) is 17.3. The molecule has 0 amide bonds. The molecule has 0 bridgehead atoms. The van der Waals surface area contributed by atoms with Crippen LogP contribution < -0.4 is 15.6 Å². The second kappa shape index (κ2) is 6.65. The number of aromatic nitrogens is 2. The van der Waals surface area contributed by atoms with Crippen LogP contribution in [0.15, 0.2) is 29.1 Å². The number of benzene rings is 1. The molecule has 1 atom stereocenters. The number of thiophene rings is 1. The summed E-state index contributed by atoms with van der Waals surface area (Å²) in [6.07, 6.45) is 0. The Balaban J connectivity index is 1.85. The van der Waals surface area contributed by atoms with Gasteiger partial charge >= 0.3 is 0 Å². The van der Waals surface area contributed by atoms with E-state index in [1.54, 1.807) is 11.3 Å². The zero-order valence-electron chi connectivity index (χ0n) is 14.3. The highest BCUT2D eigenvalue weighted by molar-refractivity contribution is 7.18. The number of H-pyrrole nitrogens is 1. The fraction of sp³-hybridized carbons (Fsp3) is 0.333. The molecule has 126 valence electrons. The van der Waals surface area contributed by atoms with Crippen LogP contribution >= 0.6 is 11.3 Å². The first-order chi connectivity index (χ1) is 11.5. The van der Waals surface area contributed by atoms with Crippen molar-refractivity contribution in [2.24, 2.45) is 0 Å². The Morgan fingerprint density at radius 3 is 2.67 bits per heavy atom. The molecule has 0 radical (unpaired) electrons. The summed E-state index contributed by atoms with van der Waals surface area (Å²) in [7, 11) is 0. The van der Waals surface area contributed by atoms with Crippen molar-refractivity contribution < 1.29 is 4.74 Å². The minimum atomic E-state index is -0.109. The molecule has 0 aliphatic carbocycles. The number of aromatic amines is 1. The fourth-order valence-corrected chi connectivity index (χ4v) is 3.65. The molecule has 3 rings (SSSR count). The predicted octanol–water partition coefficient (Wildman–Crippen LogP) is 4.17. The zero-order valence-corrected chi connectivity index (χ0v) is 15.1. The maximum Gasteiger partial charge on any atom is 0.259 e. The number of fused-ring (bicyclic) bond motifs is 1. The lowest BCUT2D eigenvalue weighted by Gasteiger charge is -2.15. The molecule has 1 aromatic carbocycles. The van der Waals surface area contributed by atoms with Crippen molar-refractivity contribution in [1.82, 2.24) is 9.97 Å². The Labute approximate surface area is 144 Å². The molecular formula is C18H21N3O2S. The molecule has 5 nitrogen and oxygen atoms in total. The first kappa shape index (κ1) is 16.5. The van der Waals surface area contributed by atoms with Gasteiger partial charge in [0, 0.05) is 10.6 Å². The van der Waals surface area contributed by atoms with Gasteiger partial charge in [-0.1, -0.05) is 0 Å². The minimum absolute atomic E-state index is 0.0720. The van der Waals surface area contributed by atoms with Crippen molar-refractivity contribution >= 4 is 27.2 Å². The van der Waals surface area contributed by atoms with Crippen molar-refractivity contribution in [3.05, 3.63) is 50.9 Å². The maximum atomic E-state index is 12.4. The van der Waals surface area contributed by atoms with Crippen LogP contribution in [0.2, 0.25) is 0 Å². The SMILES string of the molecule is CCOc1ccc(N[C@@H](C)c2nc3sc(C)c(C)c3c(=O)[nH]2)cc1. The van der Waals surface area contributed by atoms with E-state index in [9.17, 15) is 4.79 Å². The van der Waals surface area contributed by atoms with Gasteiger partial charge in [-0.3, -0.25) is 4.79 Å². The second-order valence-electron chi connectivity index (χ2n) is 5.74. The number of rotatable bonds is 5. The monoisotopic (exact) mass is 343 g/mol. The van der Waals surface area contributed by atoms with Crippen LogP contribution in [0.3, 0.4) is 0 Å². The Bertz CT molecular complexity index is 912. The van der Waals surface area contributed by atoms with Crippen molar-refractivity contribution in [2.75, 3.05) is 11.9 Å². The first-order valence-corrected chi connectivity index (χ1v) is 8.80. The first-order valence-electron chi connectivity index (χ1n) is 7.99. The highest BCUT2D eigenvalue weighted by Gasteiger charge is 2.15. The van der Waals surface area contributed by atoms with Crippen molar-refractivity contribution in [3.8, 4) is 5.75 Å². The smallest absolute Gasteiger partial charge is 0.259 e. The second-order valence-corrected chi connectivity index (χ2v) is 6.94. The molecule has 0 saturated carbocycles. The van der Waals surface area contributed by atoms with Crippen LogP contribution in [0.25, 0.3) is 10.2 Å². The van der Waals surface area contributed by atoms with E-state index in [-0.39, 0.29) is 11.6 Å². The van der Waals surface area contributed by atoms with Gasteiger partial charge in [0.1, 0.15) is 16.4 Å². The molecule has 2 aromatic heterocycles. The van der Waals surface area contributed by atoms with Crippen LogP contribution in [0.5, 0.6) is 5.75 Å². The van der Waals surface area contributed by atoms with Crippen molar-refractivity contribution in [1.29, 1.82) is 0 Å². The third kappa shape index (κ3) is 3.14. The van der Waals surface area contributed by atoms with Crippen LogP contribution in [-0.4, -0.2) is 16.6 Å². The number of ether oxygens (including phenoxy) is 1. The third-order valence-electron chi connectivity index (χ3n) is 4.02. The lowest BCUT2D eigenvalue weighted by molar-refractivity contribution is 0.340. The van der Waals surface area contributed by atoms with Crippen LogP contribution in [0.1, 0.15) is 36.2 Å². The van der Waals surface area contributed by atoms with Gasteiger partial charge in [-0.15, -0.1) is 11.3 Å². The van der Waals surface area contributed by atoms with Crippen LogP contribution in [0, 0.1) is 13.8 Å². The number of nitrogens with zero attached hydrogens (tertiary/aromatic N) is 1. The number of hydrogen-bond acceptors (Lipinski definition) is 5. The average molecular weight is 343 g/mol. The molecule has 0 spiro atoms. The Kier molecular flexibility index (Phi) is 4.57. The van der Waals surface area contributed by atoms with E-state index in [0.717, 1.165) is 26.7 Å². The van der Waals surface area contributed by atoms with E-state index in [2.05, 4.69) is 15.3 Å². The predicted molar refractivity (Wildman–Crippen MR) is 99.4 cm³/mol. The van der Waals surface area contributed by atoms with Gasteiger partial charge < -0.3 is 15.0 Å². The van der Waals surface area contributed by atoms with Crippen LogP contribution in [-0.2, 0) is 0 Å². The van der Waals surface area contributed by atoms with Gasteiger partial charge in [0.15, 0.2) is 0 Å². The largest absolute Gasteiger partial charge is 0.494 e. The van der Waals surface area contributed by atoms with Gasteiger partial charge in [-0.05, 0) is 57.5 Å². The molecule has 6 heteroatoms. The Morgan fingerprint density at radius 2 is 2.00 bits per heavy atom. The highest BCUT2D eigenvalue weighted by Crippen LogP contribution is 2.27. The molecule has 3 aromatic rings. The molecule has 0 unspecified atom stereocenters. The summed E-state index contributed by atoms with van der Waals surface area (Å²) in [5.41, 5.74) is 1.90. The van der Waals surface area contributed by atoms with E-state index in [1.165, 1.54) is 0 Å². The molecular weight excluding hydrogens is 322 g/mol. The summed E-state index contributed by atoms with van der Waals surface area (Å²) in [6.45, 7) is 8.57. The molecule has 0 fully saturated rings. The Morgan fingerprint density at radius 1 is 1.29 bits per heavy atom. The summed E-state index contributed by atoms with van der Waals surface area (Å²) in [5.74, 6) is 1.48. The molecule has 0 aliphatic heterocycles. The van der Waals surface area contributed by atoms with E-state index in [4.69, 9.17) is 4.74 Å². The summed E-state index contributed by atoms with van der Waals surface area (Å²) in [4.78, 5) is 21.8. The number of aryl methyl sites for hydroxylation is 2. The lowest BCUT2D eigenvalue weighted by atomic mass is 10.2. The lowest BCUT2D eigenvalue weighted by Crippen LogP contribution is -2.17. The quantitative estimate of drug-likeness (QED) is 0.729. The Hall–Kier alpha value is -2.34. The summed E-state index contributed by atoms with van der Waals surface area (Å²) < 4.78 is 5.44. The topological polar surface area (TPSA) is 67.0 Å². The maximum absolute atomic E-state index is 12.4.